The second kappa shape index (κ2) is 5.50. The zero-order chi connectivity index (χ0) is 15.1. The minimum absolute atomic E-state index is 0.429. The molecule has 2 rings (SSSR count). The summed E-state index contributed by atoms with van der Waals surface area (Å²) < 4.78 is 0. The maximum Gasteiger partial charge on any atom is 0.0630 e. The van der Waals surface area contributed by atoms with E-state index >= 15 is 0 Å². The topological polar surface area (TPSA) is 12.4 Å². The molecule has 0 spiro atoms. The first kappa shape index (κ1) is 15.5. The molecule has 1 heteroatoms. The molecule has 1 saturated carbocycles. The molecule has 0 aromatic heterocycles. The van der Waals surface area contributed by atoms with Gasteiger partial charge in [0.25, 0.3) is 0 Å². The lowest BCUT2D eigenvalue weighted by atomic mass is 9.64. The zero-order valence-corrected chi connectivity index (χ0v) is 14.2. The number of rotatable bonds is 2. The SMILES string of the molecule is C=C(C)C1=NCC(C2CC(C)CC(C(C)(C)C)C2)=C1C. The van der Waals surface area contributed by atoms with E-state index in [1.54, 1.807) is 5.57 Å². The Morgan fingerprint density at radius 3 is 2.35 bits per heavy atom. The molecule has 0 amide bonds. The Kier molecular flexibility index (Phi) is 4.27. The molecule has 0 aromatic carbocycles. The Morgan fingerprint density at radius 1 is 1.20 bits per heavy atom. The monoisotopic (exact) mass is 273 g/mol. The Balaban J connectivity index is 2.20. The molecule has 1 nitrogen and oxygen atoms in total. The van der Waals surface area contributed by atoms with Crippen molar-refractivity contribution in [1.82, 2.24) is 0 Å². The van der Waals surface area contributed by atoms with Crippen LogP contribution in [0.1, 0.15) is 60.8 Å². The summed E-state index contributed by atoms with van der Waals surface area (Å²) in [6.07, 6.45) is 4.08. The van der Waals surface area contributed by atoms with Crippen molar-refractivity contribution in [3.63, 3.8) is 0 Å². The van der Waals surface area contributed by atoms with Crippen LogP contribution in [-0.2, 0) is 0 Å². The van der Waals surface area contributed by atoms with Crippen molar-refractivity contribution in [2.24, 2.45) is 28.2 Å². The van der Waals surface area contributed by atoms with E-state index in [4.69, 9.17) is 4.99 Å². The third-order valence-corrected chi connectivity index (χ3v) is 5.31. The second-order valence-electron chi connectivity index (χ2n) is 8.17. The Morgan fingerprint density at radius 2 is 1.85 bits per heavy atom. The van der Waals surface area contributed by atoms with Crippen molar-refractivity contribution < 1.29 is 0 Å². The van der Waals surface area contributed by atoms with E-state index in [0.717, 1.165) is 29.9 Å². The maximum absolute atomic E-state index is 4.73. The van der Waals surface area contributed by atoms with Crippen LogP contribution in [0.3, 0.4) is 0 Å². The summed E-state index contributed by atoms with van der Waals surface area (Å²) in [6, 6.07) is 0. The van der Waals surface area contributed by atoms with Gasteiger partial charge < -0.3 is 0 Å². The molecule has 20 heavy (non-hydrogen) atoms. The molecule has 112 valence electrons. The molecule has 0 radical (unpaired) electrons. The average Bonchev–Trinajstić information content (AvgIpc) is 2.69. The zero-order valence-electron chi connectivity index (χ0n) is 14.2. The Hall–Kier alpha value is -0.850. The molecule has 1 aliphatic carbocycles. The van der Waals surface area contributed by atoms with Crippen LogP contribution < -0.4 is 0 Å². The van der Waals surface area contributed by atoms with Gasteiger partial charge in [0.15, 0.2) is 0 Å². The van der Waals surface area contributed by atoms with Crippen LogP contribution in [0.4, 0.5) is 0 Å². The highest BCUT2D eigenvalue weighted by atomic mass is 14.8. The Labute approximate surface area is 125 Å². The van der Waals surface area contributed by atoms with Gasteiger partial charge in [-0.3, -0.25) is 4.99 Å². The van der Waals surface area contributed by atoms with Crippen LogP contribution in [-0.4, -0.2) is 12.3 Å². The maximum atomic E-state index is 4.73. The summed E-state index contributed by atoms with van der Waals surface area (Å²) in [5.41, 5.74) is 5.74. The quantitative estimate of drug-likeness (QED) is 0.636. The lowest BCUT2D eigenvalue weighted by Crippen LogP contribution is -2.31. The van der Waals surface area contributed by atoms with Gasteiger partial charge in [0.1, 0.15) is 0 Å². The van der Waals surface area contributed by atoms with E-state index in [9.17, 15) is 0 Å². The summed E-state index contributed by atoms with van der Waals surface area (Å²) in [7, 11) is 0. The first-order valence-corrected chi connectivity index (χ1v) is 8.10. The molecule has 3 atom stereocenters. The molecule has 1 heterocycles. The van der Waals surface area contributed by atoms with E-state index < -0.39 is 0 Å². The van der Waals surface area contributed by atoms with Crippen molar-refractivity contribution >= 4 is 5.71 Å². The highest BCUT2D eigenvalue weighted by Gasteiger charge is 2.36. The van der Waals surface area contributed by atoms with Crippen molar-refractivity contribution in [3.8, 4) is 0 Å². The molecule has 0 saturated heterocycles. The number of hydrogen-bond acceptors (Lipinski definition) is 1. The van der Waals surface area contributed by atoms with Crippen LogP contribution in [0, 0.1) is 23.2 Å². The molecule has 2 aliphatic rings. The normalized spacial score (nSPS) is 31.5. The van der Waals surface area contributed by atoms with Crippen LogP contribution >= 0.6 is 0 Å². The third kappa shape index (κ3) is 3.07. The number of hydrogen-bond donors (Lipinski definition) is 0. The van der Waals surface area contributed by atoms with E-state index in [-0.39, 0.29) is 0 Å². The molecule has 1 aliphatic heterocycles. The van der Waals surface area contributed by atoms with Gasteiger partial charge >= 0.3 is 0 Å². The summed E-state index contributed by atoms with van der Waals surface area (Å²) in [4.78, 5) is 4.73. The van der Waals surface area contributed by atoms with Crippen LogP contribution in [0.5, 0.6) is 0 Å². The van der Waals surface area contributed by atoms with Gasteiger partial charge in [0, 0.05) is 0 Å². The van der Waals surface area contributed by atoms with Crippen LogP contribution in [0.2, 0.25) is 0 Å². The van der Waals surface area contributed by atoms with Gasteiger partial charge in [-0.1, -0.05) is 34.3 Å². The molecule has 0 N–H and O–H groups in total. The summed E-state index contributed by atoms with van der Waals surface area (Å²) in [5.74, 6) is 2.42. The first-order chi connectivity index (χ1) is 9.20. The van der Waals surface area contributed by atoms with Gasteiger partial charge in [-0.05, 0) is 73.0 Å². The van der Waals surface area contributed by atoms with E-state index in [2.05, 4.69) is 48.1 Å². The minimum atomic E-state index is 0.429. The van der Waals surface area contributed by atoms with Crippen molar-refractivity contribution in [1.29, 1.82) is 0 Å². The molecule has 0 aromatic rings. The largest absolute Gasteiger partial charge is 0.280 e. The number of allylic oxidation sites excluding steroid dienone is 2. The van der Waals surface area contributed by atoms with Gasteiger partial charge in [-0.25, -0.2) is 0 Å². The molecule has 1 fully saturated rings. The fourth-order valence-electron chi connectivity index (χ4n) is 4.04. The van der Waals surface area contributed by atoms with Crippen molar-refractivity contribution in [2.45, 2.75) is 60.8 Å². The fraction of sp³-hybridized carbons (Fsp3) is 0.737. The molecular formula is C19H31N. The highest BCUT2D eigenvalue weighted by Crippen LogP contribution is 2.46. The van der Waals surface area contributed by atoms with Gasteiger partial charge in [-0.15, -0.1) is 0 Å². The van der Waals surface area contributed by atoms with Gasteiger partial charge in [-0.2, -0.15) is 0 Å². The standard InChI is InChI=1S/C19H31N/c1-12(2)18-14(4)17(11-20-18)15-8-13(3)9-16(10-15)19(5,6)7/h13,15-16H,1,8-11H2,2-7H3. The van der Waals surface area contributed by atoms with E-state index in [1.807, 2.05) is 0 Å². The Bertz CT molecular complexity index is 459. The molecule has 0 bridgehead atoms. The van der Waals surface area contributed by atoms with Crippen molar-refractivity contribution in [3.05, 3.63) is 23.3 Å². The average molecular weight is 273 g/mol. The smallest absolute Gasteiger partial charge is 0.0630 e. The first-order valence-electron chi connectivity index (χ1n) is 8.10. The second-order valence-corrected chi connectivity index (χ2v) is 8.17. The van der Waals surface area contributed by atoms with Gasteiger partial charge in [0.05, 0.1) is 12.3 Å². The molecule has 3 unspecified atom stereocenters. The summed E-state index contributed by atoms with van der Waals surface area (Å²) >= 11 is 0. The molecular weight excluding hydrogens is 242 g/mol. The number of nitrogens with zero attached hydrogens (tertiary/aromatic N) is 1. The van der Waals surface area contributed by atoms with E-state index in [1.165, 1.54) is 30.5 Å². The number of aliphatic imine (C=N–C) groups is 1. The fourth-order valence-corrected chi connectivity index (χ4v) is 4.04. The summed E-state index contributed by atoms with van der Waals surface area (Å²) in [6.45, 7) is 18.9. The lowest BCUT2D eigenvalue weighted by molar-refractivity contribution is 0.120. The minimum Gasteiger partial charge on any atom is -0.280 e. The van der Waals surface area contributed by atoms with Gasteiger partial charge in [0.2, 0.25) is 0 Å². The predicted molar refractivity (Wildman–Crippen MR) is 89.3 cm³/mol. The highest BCUT2D eigenvalue weighted by molar-refractivity contribution is 6.13. The predicted octanol–water partition coefficient (Wildman–Crippen LogP) is 5.43. The van der Waals surface area contributed by atoms with Crippen LogP contribution in [0.15, 0.2) is 28.3 Å². The van der Waals surface area contributed by atoms with Crippen LogP contribution in [0.25, 0.3) is 0 Å². The lowest BCUT2D eigenvalue weighted by Gasteiger charge is -2.41. The van der Waals surface area contributed by atoms with Crippen molar-refractivity contribution in [2.75, 3.05) is 6.54 Å². The third-order valence-electron chi connectivity index (χ3n) is 5.31. The summed E-state index contributed by atoms with van der Waals surface area (Å²) in [5, 5.41) is 0. The van der Waals surface area contributed by atoms with E-state index in [0.29, 0.717) is 5.41 Å².